The molecule has 1 saturated heterocycles. The number of para-hydroxylation sites is 1. The molecule has 1 heterocycles. The number of sulfonamides is 1. The summed E-state index contributed by atoms with van der Waals surface area (Å²) in [5.41, 5.74) is 2.22. The molecule has 0 radical (unpaired) electrons. The van der Waals surface area contributed by atoms with Crippen LogP contribution in [-0.4, -0.2) is 40.2 Å². The van der Waals surface area contributed by atoms with E-state index in [1.54, 1.807) is 6.07 Å². The second-order valence-corrected chi connectivity index (χ2v) is 10.4. The maximum atomic E-state index is 14.0. The van der Waals surface area contributed by atoms with Crippen molar-refractivity contribution in [1.82, 2.24) is 5.32 Å². The van der Waals surface area contributed by atoms with Crippen LogP contribution in [0.25, 0.3) is 0 Å². The molecule has 8 heteroatoms. The number of piperidine rings is 1. The second kappa shape index (κ2) is 10.8. The highest BCUT2D eigenvalue weighted by Gasteiger charge is 2.20. The number of nitrogens with one attached hydrogen (secondary N) is 1. The Morgan fingerprint density at radius 3 is 2.56 bits per heavy atom. The Morgan fingerprint density at radius 2 is 1.91 bits per heavy atom. The number of nitrogens with zero attached hydrogens (tertiary/aromatic N) is 2. The molecule has 0 spiro atoms. The number of carbonyl (C=O) groups excluding carboxylic acids is 1. The number of rotatable bonds is 9. The van der Waals surface area contributed by atoms with E-state index in [0.717, 1.165) is 29.2 Å². The maximum Gasteiger partial charge on any atom is 0.232 e. The fourth-order valence-electron chi connectivity index (χ4n) is 4.04. The van der Waals surface area contributed by atoms with Crippen molar-refractivity contribution in [2.75, 3.05) is 35.1 Å². The van der Waals surface area contributed by atoms with E-state index in [-0.39, 0.29) is 24.6 Å². The number of hydrogen-bond acceptors (Lipinski definition) is 4. The van der Waals surface area contributed by atoms with Crippen LogP contribution in [0.3, 0.4) is 0 Å². The van der Waals surface area contributed by atoms with E-state index >= 15 is 0 Å². The van der Waals surface area contributed by atoms with Crippen LogP contribution >= 0.6 is 0 Å². The first kappa shape index (κ1) is 24.0. The zero-order valence-corrected chi connectivity index (χ0v) is 19.6. The van der Waals surface area contributed by atoms with Crippen LogP contribution in [0.15, 0.2) is 48.5 Å². The van der Waals surface area contributed by atoms with Gasteiger partial charge in [-0.1, -0.05) is 31.2 Å². The summed E-state index contributed by atoms with van der Waals surface area (Å²) in [4.78, 5) is 14.6. The number of amides is 1. The molecule has 1 aliphatic heterocycles. The molecule has 1 N–H and O–H groups in total. The summed E-state index contributed by atoms with van der Waals surface area (Å²) < 4.78 is 39.2. The lowest BCUT2D eigenvalue weighted by Gasteiger charge is -2.32. The topological polar surface area (TPSA) is 69.7 Å². The Morgan fingerprint density at radius 1 is 1.19 bits per heavy atom. The van der Waals surface area contributed by atoms with Gasteiger partial charge in [0.15, 0.2) is 0 Å². The van der Waals surface area contributed by atoms with Crippen LogP contribution < -0.4 is 14.5 Å². The molecule has 2 aromatic carbocycles. The first-order valence-corrected chi connectivity index (χ1v) is 12.9. The van der Waals surface area contributed by atoms with Gasteiger partial charge in [0.25, 0.3) is 0 Å². The molecule has 6 nitrogen and oxygen atoms in total. The van der Waals surface area contributed by atoms with Crippen molar-refractivity contribution in [3.8, 4) is 0 Å². The van der Waals surface area contributed by atoms with Gasteiger partial charge in [-0.2, -0.15) is 0 Å². The van der Waals surface area contributed by atoms with E-state index in [2.05, 4.69) is 29.3 Å². The van der Waals surface area contributed by atoms with Gasteiger partial charge in [0.05, 0.1) is 11.9 Å². The minimum atomic E-state index is -3.65. The fourth-order valence-corrected chi connectivity index (χ4v) is 5.01. The molecule has 1 atom stereocenters. The van der Waals surface area contributed by atoms with Crippen molar-refractivity contribution >= 4 is 27.3 Å². The van der Waals surface area contributed by atoms with Gasteiger partial charge in [-0.15, -0.1) is 0 Å². The average Bonchev–Trinajstić information content (AvgIpc) is 2.75. The Bertz CT molecular complexity index is 1010. The number of carbonyl (C=O) groups is 1. The monoisotopic (exact) mass is 461 g/mol. The lowest BCUT2D eigenvalue weighted by molar-refractivity contribution is -0.121. The van der Waals surface area contributed by atoms with E-state index in [9.17, 15) is 17.6 Å². The Balaban J connectivity index is 1.47. The van der Waals surface area contributed by atoms with Gasteiger partial charge in [-0.05, 0) is 55.0 Å². The molecule has 0 aromatic heterocycles. The SMILES string of the molecule is C[C@@H]1CCCN(c2ccc(CNC(=O)CCCN(c3ccccc3F)S(C)(=O)=O)cc2)C1. The van der Waals surface area contributed by atoms with Crippen LogP contribution in [0.1, 0.15) is 38.2 Å². The summed E-state index contributed by atoms with van der Waals surface area (Å²) in [5.74, 6) is -0.0644. The molecular formula is C24H32FN3O3S. The van der Waals surface area contributed by atoms with E-state index < -0.39 is 15.8 Å². The van der Waals surface area contributed by atoms with Gasteiger partial charge in [0.2, 0.25) is 15.9 Å². The third-order valence-electron chi connectivity index (χ3n) is 5.73. The number of hydrogen-bond donors (Lipinski definition) is 1. The summed E-state index contributed by atoms with van der Waals surface area (Å²) in [5, 5.41) is 2.87. The van der Waals surface area contributed by atoms with Crippen LogP contribution in [0.4, 0.5) is 15.8 Å². The van der Waals surface area contributed by atoms with Gasteiger partial charge in [0, 0.05) is 38.3 Å². The molecule has 1 amide bonds. The molecule has 1 aliphatic rings. The quantitative estimate of drug-likeness (QED) is 0.614. The van der Waals surface area contributed by atoms with E-state index in [4.69, 9.17) is 0 Å². The third kappa shape index (κ3) is 6.69. The average molecular weight is 462 g/mol. The number of benzene rings is 2. The van der Waals surface area contributed by atoms with Crippen molar-refractivity contribution in [3.63, 3.8) is 0 Å². The van der Waals surface area contributed by atoms with Crippen LogP contribution in [0.2, 0.25) is 0 Å². The molecule has 0 aliphatic carbocycles. The molecular weight excluding hydrogens is 429 g/mol. The highest BCUT2D eigenvalue weighted by Crippen LogP contribution is 2.24. The third-order valence-corrected chi connectivity index (χ3v) is 6.91. The Kier molecular flexibility index (Phi) is 8.12. The normalized spacial score (nSPS) is 16.6. The summed E-state index contributed by atoms with van der Waals surface area (Å²) in [6.45, 7) is 4.89. The molecule has 0 unspecified atom stereocenters. The molecule has 32 heavy (non-hydrogen) atoms. The molecule has 2 aromatic rings. The smallest absolute Gasteiger partial charge is 0.232 e. The first-order chi connectivity index (χ1) is 15.2. The maximum absolute atomic E-state index is 14.0. The summed E-state index contributed by atoms with van der Waals surface area (Å²) in [7, 11) is -3.65. The fraction of sp³-hybridized carbons (Fsp3) is 0.458. The molecule has 3 rings (SSSR count). The van der Waals surface area contributed by atoms with Crippen molar-refractivity contribution in [2.45, 2.75) is 39.2 Å². The summed E-state index contributed by atoms with van der Waals surface area (Å²) >= 11 is 0. The standard InChI is InChI=1S/C24H32FN3O3S/c1-19-7-5-15-27(18-19)21-13-11-20(12-14-21)17-26-24(29)10-6-16-28(32(2,30)31)23-9-4-3-8-22(23)25/h3-4,8-9,11-14,19H,5-7,10,15-18H2,1-2H3,(H,26,29)/t19-/m1/s1. The number of halogens is 1. The summed E-state index contributed by atoms with van der Waals surface area (Å²) in [6, 6.07) is 14.0. The first-order valence-electron chi connectivity index (χ1n) is 11.1. The summed E-state index contributed by atoms with van der Waals surface area (Å²) in [6.07, 6.45) is 3.98. The molecule has 0 saturated carbocycles. The Labute approximate surface area is 190 Å². The van der Waals surface area contributed by atoms with Gasteiger partial charge < -0.3 is 10.2 Å². The predicted octanol–water partition coefficient (Wildman–Crippen LogP) is 3.92. The minimum absolute atomic E-state index is 0.00130. The minimum Gasteiger partial charge on any atom is -0.371 e. The van der Waals surface area contributed by atoms with E-state index in [0.29, 0.717) is 18.9 Å². The van der Waals surface area contributed by atoms with Gasteiger partial charge in [-0.3, -0.25) is 9.10 Å². The Hall–Kier alpha value is -2.61. The van der Waals surface area contributed by atoms with E-state index in [1.807, 2.05) is 12.1 Å². The predicted molar refractivity (Wildman–Crippen MR) is 127 cm³/mol. The van der Waals surface area contributed by atoms with Crippen LogP contribution in [-0.2, 0) is 21.4 Å². The largest absolute Gasteiger partial charge is 0.371 e. The molecule has 174 valence electrons. The molecule has 1 fully saturated rings. The van der Waals surface area contributed by atoms with Crippen LogP contribution in [0.5, 0.6) is 0 Å². The van der Waals surface area contributed by atoms with Crippen molar-refractivity contribution < 1.29 is 17.6 Å². The number of anilines is 2. The lowest BCUT2D eigenvalue weighted by Crippen LogP contribution is -2.34. The van der Waals surface area contributed by atoms with Crippen molar-refractivity contribution in [1.29, 1.82) is 0 Å². The zero-order chi connectivity index (χ0) is 23.1. The highest BCUT2D eigenvalue weighted by atomic mass is 32.2. The van der Waals surface area contributed by atoms with Crippen LogP contribution in [0, 0.1) is 11.7 Å². The van der Waals surface area contributed by atoms with Gasteiger partial charge in [-0.25, -0.2) is 12.8 Å². The molecule has 0 bridgehead atoms. The highest BCUT2D eigenvalue weighted by molar-refractivity contribution is 7.92. The van der Waals surface area contributed by atoms with Crippen molar-refractivity contribution in [3.05, 3.63) is 59.9 Å². The van der Waals surface area contributed by atoms with Gasteiger partial charge in [0.1, 0.15) is 5.82 Å². The zero-order valence-electron chi connectivity index (χ0n) is 18.8. The van der Waals surface area contributed by atoms with E-state index in [1.165, 1.54) is 36.7 Å². The second-order valence-electron chi connectivity index (χ2n) is 8.53. The lowest BCUT2D eigenvalue weighted by atomic mass is 9.99. The van der Waals surface area contributed by atoms with Gasteiger partial charge >= 0.3 is 0 Å². The van der Waals surface area contributed by atoms with Crippen molar-refractivity contribution in [2.24, 2.45) is 5.92 Å².